The van der Waals surface area contributed by atoms with Gasteiger partial charge in [0.2, 0.25) is 0 Å². The number of carbonyl (C=O) groups excluding carboxylic acids is 1. The standard InChI is InChI=1S/C29H31ClN2O5/c1-16(2)31-24(22-14-18(29(35)36)6-13-25(22)37-3)15-23-27(31)26(17-4-7-19(30)8-5-17)32(28(23)34)20-9-11-21(33)12-10-20/h4-8,13-16,20-21,26,33H,9-12H2,1-3H3,(H,35,36)/t20-,21-,26?. The monoisotopic (exact) mass is 522 g/mol. The summed E-state index contributed by atoms with van der Waals surface area (Å²) >= 11 is 6.21. The van der Waals surface area contributed by atoms with Crippen LogP contribution in [0.15, 0.2) is 48.5 Å². The normalized spacial score (nSPS) is 21.4. The van der Waals surface area contributed by atoms with Crippen molar-refractivity contribution in [3.05, 3.63) is 75.9 Å². The molecule has 8 heteroatoms. The molecule has 2 N–H and O–H groups in total. The Labute approximate surface area is 221 Å². The Morgan fingerprint density at radius 3 is 2.30 bits per heavy atom. The minimum Gasteiger partial charge on any atom is -0.496 e. The number of aliphatic hydroxyl groups excluding tert-OH is 1. The number of halogens is 1. The number of rotatable bonds is 6. The van der Waals surface area contributed by atoms with E-state index in [0.717, 1.165) is 29.8 Å². The van der Waals surface area contributed by atoms with Gasteiger partial charge in [-0.3, -0.25) is 4.79 Å². The molecule has 194 valence electrons. The number of hydrogen-bond acceptors (Lipinski definition) is 4. The van der Waals surface area contributed by atoms with E-state index >= 15 is 0 Å². The van der Waals surface area contributed by atoms with E-state index in [0.29, 0.717) is 34.7 Å². The van der Waals surface area contributed by atoms with Crippen LogP contribution in [0.25, 0.3) is 11.3 Å². The second-order valence-corrected chi connectivity index (χ2v) is 10.6. The minimum absolute atomic E-state index is 0.0120. The van der Waals surface area contributed by atoms with Crippen molar-refractivity contribution in [2.45, 2.75) is 63.8 Å². The van der Waals surface area contributed by atoms with Gasteiger partial charge < -0.3 is 24.4 Å². The first-order valence-electron chi connectivity index (χ1n) is 12.6. The van der Waals surface area contributed by atoms with E-state index in [-0.39, 0.29) is 35.7 Å². The zero-order chi connectivity index (χ0) is 26.4. The predicted octanol–water partition coefficient (Wildman–Crippen LogP) is 5.94. The third kappa shape index (κ3) is 4.40. The van der Waals surface area contributed by atoms with Gasteiger partial charge in [0.15, 0.2) is 0 Å². The zero-order valence-electron chi connectivity index (χ0n) is 21.1. The number of amides is 1. The fourth-order valence-corrected chi connectivity index (χ4v) is 5.99. The van der Waals surface area contributed by atoms with Crippen molar-refractivity contribution < 1.29 is 24.5 Å². The van der Waals surface area contributed by atoms with Crippen LogP contribution in [0, 0.1) is 0 Å². The smallest absolute Gasteiger partial charge is 0.335 e. The third-order valence-electron chi connectivity index (χ3n) is 7.56. The van der Waals surface area contributed by atoms with Crippen molar-refractivity contribution in [2.24, 2.45) is 0 Å². The van der Waals surface area contributed by atoms with Crippen LogP contribution in [0.5, 0.6) is 5.75 Å². The Morgan fingerprint density at radius 2 is 1.70 bits per heavy atom. The zero-order valence-corrected chi connectivity index (χ0v) is 21.9. The van der Waals surface area contributed by atoms with Crippen LogP contribution >= 0.6 is 11.6 Å². The van der Waals surface area contributed by atoms with Gasteiger partial charge >= 0.3 is 5.97 Å². The Kier molecular flexibility index (Phi) is 6.77. The molecule has 1 fully saturated rings. The molecule has 0 bridgehead atoms. The van der Waals surface area contributed by atoms with Gasteiger partial charge in [-0.05, 0) is 81.5 Å². The lowest BCUT2D eigenvalue weighted by Gasteiger charge is -2.38. The molecule has 1 saturated carbocycles. The molecular formula is C29H31ClN2O5. The molecule has 2 aromatic carbocycles. The molecular weight excluding hydrogens is 492 g/mol. The Balaban J connectivity index is 1.72. The summed E-state index contributed by atoms with van der Waals surface area (Å²) < 4.78 is 7.74. The molecule has 1 atom stereocenters. The molecule has 2 aliphatic rings. The lowest BCUT2D eigenvalue weighted by atomic mass is 9.90. The van der Waals surface area contributed by atoms with Crippen molar-refractivity contribution in [1.82, 2.24) is 9.47 Å². The second kappa shape index (κ2) is 9.88. The van der Waals surface area contributed by atoms with Gasteiger partial charge in [0.05, 0.1) is 41.8 Å². The largest absolute Gasteiger partial charge is 0.496 e. The van der Waals surface area contributed by atoms with Gasteiger partial charge in [0, 0.05) is 22.7 Å². The number of aromatic carboxylic acids is 1. The fourth-order valence-electron chi connectivity index (χ4n) is 5.86. The van der Waals surface area contributed by atoms with Gasteiger partial charge in [0.1, 0.15) is 5.75 Å². The number of benzene rings is 2. The van der Waals surface area contributed by atoms with Crippen LogP contribution < -0.4 is 4.74 Å². The first-order chi connectivity index (χ1) is 17.7. The number of aromatic nitrogens is 1. The van der Waals surface area contributed by atoms with E-state index in [2.05, 4.69) is 18.4 Å². The average Bonchev–Trinajstić information content (AvgIpc) is 3.40. The van der Waals surface area contributed by atoms with Crippen LogP contribution in [0.2, 0.25) is 5.02 Å². The van der Waals surface area contributed by atoms with Crippen molar-refractivity contribution in [3.8, 4) is 17.0 Å². The lowest BCUT2D eigenvalue weighted by Crippen LogP contribution is -2.42. The highest BCUT2D eigenvalue weighted by atomic mass is 35.5. The van der Waals surface area contributed by atoms with E-state index in [1.165, 1.54) is 6.07 Å². The van der Waals surface area contributed by atoms with Gasteiger partial charge in [-0.25, -0.2) is 4.79 Å². The summed E-state index contributed by atoms with van der Waals surface area (Å²) in [6.45, 7) is 4.11. The molecule has 3 aromatic rings. The van der Waals surface area contributed by atoms with E-state index in [1.54, 1.807) is 19.2 Å². The van der Waals surface area contributed by atoms with Crippen LogP contribution in [0.4, 0.5) is 0 Å². The molecule has 0 spiro atoms. The summed E-state index contributed by atoms with van der Waals surface area (Å²) in [7, 11) is 1.55. The number of carboxylic acid groups (broad SMARTS) is 1. The van der Waals surface area contributed by atoms with Crippen molar-refractivity contribution in [1.29, 1.82) is 0 Å². The van der Waals surface area contributed by atoms with E-state index in [1.807, 2.05) is 35.2 Å². The van der Waals surface area contributed by atoms with E-state index in [9.17, 15) is 19.8 Å². The second-order valence-electron chi connectivity index (χ2n) is 10.1. The highest BCUT2D eigenvalue weighted by Gasteiger charge is 2.46. The number of methoxy groups -OCH3 is 1. The number of nitrogens with zero attached hydrogens (tertiary/aromatic N) is 2. The Hall–Kier alpha value is -3.29. The molecule has 1 unspecified atom stereocenters. The van der Waals surface area contributed by atoms with Crippen molar-refractivity contribution in [3.63, 3.8) is 0 Å². The Bertz CT molecular complexity index is 1340. The molecule has 2 heterocycles. The quantitative estimate of drug-likeness (QED) is 0.417. The first kappa shape index (κ1) is 25.4. The SMILES string of the molecule is COc1ccc(C(=O)O)cc1-c1cc2c(n1C(C)C)C(c1ccc(Cl)cc1)N([C@H]1CC[C@H](O)CC1)C2=O. The third-order valence-corrected chi connectivity index (χ3v) is 7.81. The van der Waals surface area contributed by atoms with Gasteiger partial charge in [0.25, 0.3) is 5.91 Å². The summed E-state index contributed by atoms with van der Waals surface area (Å²) in [6, 6.07) is 13.9. The Morgan fingerprint density at radius 1 is 1.03 bits per heavy atom. The molecule has 1 aromatic heterocycles. The molecule has 1 aliphatic heterocycles. The maximum absolute atomic E-state index is 14.1. The van der Waals surface area contributed by atoms with Crippen molar-refractivity contribution >= 4 is 23.5 Å². The minimum atomic E-state index is -1.03. The number of carboxylic acids is 1. The first-order valence-corrected chi connectivity index (χ1v) is 13.0. The molecule has 37 heavy (non-hydrogen) atoms. The van der Waals surface area contributed by atoms with Crippen LogP contribution in [-0.2, 0) is 0 Å². The van der Waals surface area contributed by atoms with Gasteiger partial charge in [-0.1, -0.05) is 23.7 Å². The van der Waals surface area contributed by atoms with Gasteiger partial charge in [-0.2, -0.15) is 0 Å². The number of hydrogen-bond donors (Lipinski definition) is 2. The maximum Gasteiger partial charge on any atom is 0.335 e. The molecule has 1 aliphatic carbocycles. The fraction of sp³-hybridized carbons (Fsp3) is 0.379. The maximum atomic E-state index is 14.1. The molecule has 1 amide bonds. The summed E-state index contributed by atoms with van der Waals surface area (Å²) in [5.74, 6) is -0.540. The van der Waals surface area contributed by atoms with Crippen LogP contribution in [0.3, 0.4) is 0 Å². The average molecular weight is 523 g/mol. The van der Waals surface area contributed by atoms with Crippen LogP contribution in [-0.4, -0.2) is 50.8 Å². The highest BCUT2D eigenvalue weighted by molar-refractivity contribution is 6.30. The van der Waals surface area contributed by atoms with Gasteiger partial charge in [-0.15, -0.1) is 0 Å². The summed E-state index contributed by atoms with van der Waals surface area (Å²) in [4.78, 5) is 27.8. The highest BCUT2D eigenvalue weighted by Crippen LogP contribution is 2.48. The summed E-state index contributed by atoms with van der Waals surface area (Å²) in [5, 5.41) is 20.3. The molecule has 0 saturated heterocycles. The lowest BCUT2D eigenvalue weighted by molar-refractivity contribution is 0.0458. The number of ether oxygens (including phenoxy) is 1. The predicted molar refractivity (Wildman–Crippen MR) is 141 cm³/mol. The number of carbonyl (C=O) groups is 2. The molecule has 0 radical (unpaired) electrons. The number of aliphatic hydroxyl groups is 1. The van der Waals surface area contributed by atoms with E-state index < -0.39 is 5.97 Å². The molecule has 5 rings (SSSR count). The summed E-state index contributed by atoms with van der Waals surface area (Å²) in [5.41, 5.74) is 3.96. The summed E-state index contributed by atoms with van der Waals surface area (Å²) in [6.07, 6.45) is 2.49. The topological polar surface area (TPSA) is 92.0 Å². The van der Waals surface area contributed by atoms with Crippen LogP contribution in [0.1, 0.15) is 83.6 Å². The van der Waals surface area contributed by atoms with Crippen molar-refractivity contribution in [2.75, 3.05) is 7.11 Å². The number of fused-ring (bicyclic) bond motifs is 1. The van der Waals surface area contributed by atoms with E-state index in [4.69, 9.17) is 16.3 Å². The molecule has 7 nitrogen and oxygen atoms in total.